The van der Waals surface area contributed by atoms with E-state index in [4.69, 9.17) is 4.74 Å². The van der Waals surface area contributed by atoms with Gasteiger partial charge in [0.05, 0.1) is 25.2 Å². The van der Waals surface area contributed by atoms with Gasteiger partial charge in [0, 0.05) is 6.42 Å². The molecule has 57 heavy (non-hydrogen) atoms. The van der Waals surface area contributed by atoms with E-state index in [1.807, 2.05) is 0 Å². The minimum Gasteiger partial charge on any atom is -0.462 e. The Morgan fingerprint density at radius 1 is 0.526 bits per heavy atom. The first kappa shape index (κ1) is 54.8. The number of hydrogen-bond acceptors (Lipinski definition) is 5. The third kappa shape index (κ3) is 40.4. The van der Waals surface area contributed by atoms with E-state index in [0.717, 1.165) is 96.3 Å². The van der Waals surface area contributed by atoms with Gasteiger partial charge >= 0.3 is 5.97 Å². The summed E-state index contributed by atoms with van der Waals surface area (Å²) in [4.78, 5) is 26.0. The molecule has 0 aliphatic carbocycles. The number of aliphatic hydroxyl groups excluding tert-OH is 2. The molecule has 0 saturated heterocycles. The molecule has 6 heteroatoms. The van der Waals surface area contributed by atoms with Crippen molar-refractivity contribution in [3.05, 3.63) is 48.6 Å². The number of unbranched alkanes of at least 4 members (excludes halogenated alkanes) is 23. The molecule has 0 radical (unpaired) electrons. The SMILES string of the molecule is CC/C=C/C/C=C/C/C=C/CCCCCCC(CC(=O)NC(CO)C(O)CCCCCCCCCCCCCC)OC(=O)CCCCCCC/C=C\CCCCC. The third-order valence-corrected chi connectivity index (χ3v) is 10.9. The molecule has 3 atom stereocenters. The highest BCUT2D eigenvalue weighted by Crippen LogP contribution is 2.17. The normalized spacial score (nSPS) is 13.7. The fourth-order valence-corrected chi connectivity index (χ4v) is 7.20. The first-order chi connectivity index (χ1) is 28.0. The van der Waals surface area contributed by atoms with E-state index in [9.17, 15) is 19.8 Å². The van der Waals surface area contributed by atoms with E-state index in [1.54, 1.807) is 0 Å². The second kappa shape index (κ2) is 44.9. The third-order valence-electron chi connectivity index (χ3n) is 10.9. The second-order valence-electron chi connectivity index (χ2n) is 16.5. The van der Waals surface area contributed by atoms with Gasteiger partial charge in [-0.2, -0.15) is 0 Å². The summed E-state index contributed by atoms with van der Waals surface area (Å²) in [6.45, 7) is 6.33. The minimum absolute atomic E-state index is 0.0595. The summed E-state index contributed by atoms with van der Waals surface area (Å²) in [5, 5.41) is 23.7. The van der Waals surface area contributed by atoms with Gasteiger partial charge in [-0.05, 0) is 83.5 Å². The standard InChI is InChI=1S/C51H93NO5/c1-4-7-10-13-16-19-22-25-26-27-30-33-36-39-42-47(57-51(56)44-41-38-35-32-29-24-21-18-15-12-9-6-3)45-50(55)52-48(46-53)49(54)43-40-37-34-31-28-23-20-17-14-11-8-5-2/h7,10,16,18-19,21,25-26,47-49,53-54H,4-6,8-9,11-15,17,20,22-24,27-46H2,1-3H3,(H,52,55)/b10-7+,19-16+,21-18-,26-25+. The Kier molecular flexibility index (Phi) is 43.2. The van der Waals surface area contributed by atoms with Gasteiger partial charge in [-0.1, -0.05) is 191 Å². The van der Waals surface area contributed by atoms with Crippen LogP contribution in [0.25, 0.3) is 0 Å². The van der Waals surface area contributed by atoms with Crippen molar-refractivity contribution in [1.82, 2.24) is 5.32 Å². The van der Waals surface area contributed by atoms with Gasteiger partial charge in [-0.3, -0.25) is 9.59 Å². The number of aliphatic hydroxyl groups is 2. The Balaban J connectivity index is 4.64. The number of carbonyl (C=O) groups excluding carboxylic acids is 2. The molecule has 332 valence electrons. The second-order valence-corrected chi connectivity index (χ2v) is 16.5. The van der Waals surface area contributed by atoms with Crippen LogP contribution in [-0.4, -0.2) is 46.9 Å². The van der Waals surface area contributed by atoms with Crippen LogP contribution in [0.5, 0.6) is 0 Å². The predicted molar refractivity (Wildman–Crippen MR) is 245 cm³/mol. The molecule has 6 nitrogen and oxygen atoms in total. The van der Waals surface area contributed by atoms with Gasteiger partial charge < -0.3 is 20.3 Å². The topological polar surface area (TPSA) is 95.9 Å². The fraction of sp³-hybridized carbons (Fsp3) is 0.804. The number of ether oxygens (including phenoxy) is 1. The Morgan fingerprint density at radius 3 is 1.49 bits per heavy atom. The Bertz CT molecular complexity index is 988. The largest absolute Gasteiger partial charge is 0.462 e. The smallest absolute Gasteiger partial charge is 0.306 e. The van der Waals surface area contributed by atoms with Crippen molar-refractivity contribution in [3.63, 3.8) is 0 Å². The molecule has 0 fully saturated rings. The average molecular weight is 800 g/mol. The van der Waals surface area contributed by atoms with Gasteiger partial charge in [0.15, 0.2) is 0 Å². The molecule has 0 aliphatic heterocycles. The van der Waals surface area contributed by atoms with Crippen LogP contribution in [0.1, 0.15) is 239 Å². The Hall–Kier alpha value is -2.18. The zero-order valence-corrected chi connectivity index (χ0v) is 37.7. The van der Waals surface area contributed by atoms with Gasteiger partial charge in [0.25, 0.3) is 0 Å². The lowest BCUT2D eigenvalue weighted by Gasteiger charge is -2.24. The molecular weight excluding hydrogens is 707 g/mol. The highest BCUT2D eigenvalue weighted by atomic mass is 16.5. The van der Waals surface area contributed by atoms with Crippen LogP contribution < -0.4 is 5.32 Å². The van der Waals surface area contributed by atoms with Crippen LogP contribution in [-0.2, 0) is 14.3 Å². The number of carbonyl (C=O) groups is 2. The maximum absolute atomic E-state index is 13.2. The van der Waals surface area contributed by atoms with E-state index in [0.29, 0.717) is 19.3 Å². The number of esters is 1. The van der Waals surface area contributed by atoms with Crippen molar-refractivity contribution in [2.45, 2.75) is 257 Å². The van der Waals surface area contributed by atoms with Crippen molar-refractivity contribution in [3.8, 4) is 0 Å². The number of rotatable bonds is 43. The first-order valence-electron chi connectivity index (χ1n) is 24.4. The van der Waals surface area contributed by atoms with Gasteiger partial charge in [0.2, 0.25) is 5.91 Å². The molecule has 3 unspecified atom stereocenters. The van der Waals surface area contributed by atoms with Crippen molar-refractivity contribution in [2.24, 2.45) is 0 Å². The van der Waals surface area contributed by atoms with Crippen molar-refractivity contribution in [1.29, 1.82) is 0 Å². The van der Waals surface area contributed by atoms with Gasteiger partial charge in [0.1, 0.15) is 6.10 Å². The van der Waals surface area contributed by atoms with Crippen LogP contribution in [0, 0.1) is 0 Å². The summed E-state index contributed by atoms with van der Waals surface area (Å²) in [5.41, 5.74) is 0. The zero-order valence-electron chi connectivity index (χ0n) is 37.7. The molecule has 0 bridgehead atoms. The van der Waals surface area contributed by atoms with Gasteiger partial charge in [-0.25, -0.2) is 0 Å². The summed E-state index contributed by atoms with van der Waals surface area (Å²) < 4.78 is 5.90. The van der Waals surface area contributed by atoms with E-state index < -0.39 is 18.2 Å². The van der Waals surface area contributed by atoms with Crippen LogP contribution >= 0.6 is 0 Å². The lowest BCUT2D eigenvalue weighted by atomic mass is 10.0. The highest BCUT2D eigenvalue weighted by Gasteiger charge is 2.24. The number of amides is 1. The molecule has 0 aliphatic rings. The summed E-state index contributed by atoms with van der Waals surface area (Å²) in [6, 6.07) is -0.709. The number of nitrogens with one attached hydrogen (secondary N) is 1. The molecule has 0 rings (SSSR count). The van der Waals surface area contributed by atoms with Crippen LogP contribution in [0.2, 0.25) is 0 Å². The first-order valence-corrected chi connectivity index (χ1v) is 24.4. The van der Waals surface area contributed by atoms with Crippen molar-refractivity contribution in [2.75, 3.05) is 6.61 Å². The van der Waals surface area contributed by atoms with Crippen molar-refractivity contribution < 1.29 is 24.5 Å². The Labute approximate surface area is 353 Å². The summed E-state index contributed by atoms with van der Waals surface area (Å²) in [5.74, 6) is -0.505. The molecule has 0 saturated carbocycles. The molecular formula is C51H93NO5. The summed E-state index contributed by atoms with van der Waals surface area (Å²) >= 11 is 0. The highest BCUT2D eigenvalue weighted by molar-refractivity contribution is 5.77. The van der Waals surface area contributed by atoms with Gasteiger partial charge in [-0.15, -0.1) is 0 Å². The maximum Gasteiger partial charge on any atom is 0.306 e. The average Bonchev–Trinajstić information content (AvgIpc) is 3.20. The van der Waals surface area contributed by atoms with Crippen molar-refractivity contribution >= 4 is 11.9 Å². The Morgan fingerprint density at radius 2 is 0.947 bits per heavy atom. The summed E-state index contributed by atoms with van der Waals surface area (Å²) in [6.07, 6.45) is 53.1. The van der Waals surface area contributed by atoms with Crippen LogP contribution in [0.3, 0.4) is 0 Å². The number of allylic oxidation sites excluding steroid dienone is 8. The van der Waals surface area contributed by atoms with E-state index in [2.05, 4.69) is 74.7 Å². The molecule has 3 N–H and O–H groups in total. The van der Waals surface area contributed by atoms with E-state index in [1.165, 1.54) is 96.3 Å². The van der Waals surface area contributed by atoms with Crippen LogP contribution in [0.4, 0.5) is 0 Å². The zero-order chi connectivity index (χ0) is 41.7. The van der Waals surface area contributed by atoms with Crippen LogP contribution in [0.15, 0.2) is 48.6 Å². The quantitative estimate of drug-likeness (QED) is 0.0324. The molecule has 1 amide bonds. The fourth-order valence-electron chi connectivity index (χ4n) is 7.20. The number of hydrogen-bond donors (Lipinski definition) is 3. The predicted octanol–water partition coefficient (Wildman–Crippen LogP) is 14.3. The van der Waals surface area contributed by atoms with E-state index in [-0.39, 0.29) is 24.9 Å². The maximum atomic E-state index is 13.2. The molecule has 0 heterocycles. The lowest BCUT2D eigenvalue weighted by molar-refractivity contribution is -0.151. The monoisotopic (exact) mass is 800 g/mol. The molecule has 0 spiro atoms. The minimum atomic E-state index is -0.794. The van der Waals surface area contributed by atoms with E-state index >= 15 is 0 Å². The molecule has 0 aromatic carbocycles. The lowest BCUT2D eigenvalue weighted by Crippen LogP contribution is -2.46. The molecule has 0 aromatic heterocycles. The summed E-state index contributed by atoms with van der Waals surface area (Å²) in [7, 11) is 0. The molecule has 0 aromatic rings.